The minimum atomic E-state index is 0.165. The SMILES string of the molecule is CN(C)CC1CCCN1C(=O)c1ccccc1CCN. The lowest BCUT2D eigenvalue weighted by molar-refractivity contribution is 0.0715. The molecule has 2 N–H and O–H groups in total. The Bertz CT molecular complexity index is 459. The highest BCUT2D eigenvalue weighted by molar-refractivity contribution is 5.96. The van der Waals surface area contributed by atoms with Gasteiger partial charge in [-0.2, -0.15) is 0 Å². The van der Waals surface area contributed by atoms with E-state index in [1.165, 1.54) is 0 Å². The Morgan fingerprint density at radius 1 is 1.40 bits per heavy atom. The van der Waals surface area contributed by atoms with Crippen LogP contribution in [0.3, 0.4) is 0 Å². The number of carbonyl (C=O) groups excluding carboxylic acids is 1. The lowest BCUT2D eigenvalue weighted by Crippen LogP contribution is -2.41. The Labute approximate surface area is 121 Å². The number of likely N-dealkylation sites (N-methyl/N-ethyl adjacent to an activating group) is 1. The molecule has 4 heteroatoms. The topological polar surface area (TPSA) is 49.6 Å². The largest absolute Gasteiger partial charge is 0.334 e. The second kappa shape index (κ2) is 6.86. The summed E-state index contributed by atoms with van der Waals surface area (Å²) < 4.78 is 0. The van der Waals surface area contributed by atoms with E-state index in [2.05, 4.69) is 19.0 Å². The van der Waals surface area contributed by atoms with Crippen LogP contribution in [0.4, 0.5) is 0 Å². The Balaban J connectivity index is 2.18. The molecule has 0 bridgehead atoms. The third-order valence-corrected chi connectivity index (χ3v) is 3.88. The first-order valence-corrected chi connectivity index (χ1v) is 7.37. The van der Waals surface area contributed by atoms with Crippen molar-refractivity contribution in [2.45, 2.75) is 25.3 Å². The van der Waals surface area contributed by atoms with Crippen molar-refractivity contribution in [2.75, 3.05) is 33.7 Å². The molecule has 0 saturated carbocycles. The summed E-state index contributed by atoms with van der Waals surface area (Å²) >= 11 is 0. The van der Waals surface area contributed by atoms with E-state index in [0.29, 0.717) is 12.6 Å². The average molecular weight is 275 g/mol. The van der Waals surface area contributed by atoms with Crippen molar-refractivity contribution in [1.82, 2.24) is 9.80 Å². The van der Waals surface area contributed by atoms with Crippen LogP contribution in [-0.2, 0) is 6.42 Å². The number of carbonyl (C=O) groups is 1. The molecule has 4 nitrogen and oxygen atoms in total. The van der Waals surface area contributed by atoms with Gasteiger partial charge in [0.05, 0.1) is 0 Å². The summed E-state index contributed by atoms with van der Waals surface area (Å²) in [6, 6.07) is 8.19. The Morgan fingerprint density at radius 2 is 2.15 bits per heavy atom. The van der Waals surface area contributed by atoms with Gasteiger partial charge in [0.15, 0.2) is 0 Å². The Kier molecular flexibility index (Phi) is 5.15. The normalized spacial score (nSPS) is 18.8. The van der Waals surface area contributed by atoms with E-state index in [-0.39, 0.29) is 5.91 Å². The highest BCUT2D eigenvalue weighted by Gasteiger charge is 2.30. The predicted octanol–water partition coefficient (Wildman–Crippen LogP) is 1.35. The van der Waals surface area contributed by atoms with Crippen LogP contribution in [0.15, 0.2) is 24.3 Å². The summed E-state index contributed by atoms with van der Waals surface area (Å²) in [6.45, 7) is 2.38. The molecule has 1 aliphatic heterocycles. The summed E-state index contributed by atoms with van der Waals surface area (Å²) in [5.74, 6) is 0.165. The highest BCUT2D eigenvalue weighted by Crippen LogP contribution is 2.22. The van der Waals surface area contributed by atoms with Crippen LogP contribution < -0.4 is 5.73 Å². The first kappa shape index (κ1) is 15.0. The quantitative estimate of drug-likeness (QED) is 0.882. The van der Waals surface area contributed by atoms with Gasteiger partial charge in [-0.3, -0.25) is 4.79 Å². The van der Waals surface area contributed by atoms with Gasteiger partial charge in [-0.05, 0) is 51.5 Å². The van der Waals surface area contributed by atoms with Gasteiger partial charge in [-0.15, -0.1) is 0 Å². The Morgan fingerprint density at radius 3 is 2.85 bits per heavy atom. The fraction of sp³-hybridized carbons (Fsp3) is 0.562. The number of nitrogens with two attached hydrogens (primary N) is 1. The van der Waals surface area contributed by atoms with Gasteiger partial charge < -0.3 is 15.5 Å². The Hall–Kier alpha value is -1.39. The summed E-state index contributed by atoms with van der Waals surface area (Å²) in [7, 11) is 4.12. The van der Waals surface area contributed by atoms with E-state index >= 15 is 0 Å². The van der Waals surface area contributed by atoms with Crippen LogP contribution in [0.25, 0.3) is 0 Å². The number of likely N-dealkylation sites (tertiary alicyclic amines) is 1. The first-order chi connectivity index (χ1) is 9.63. The summed E-state index contributed by atoms with van der Waals surface area (Å²) in [5.41, 5.74) is 7.53. The molecule has 1 saturated heterocycles. The zero-order chi connectivity index (χ0) is 14.5. The average Bonchev–Trinajstić information content (AvgIpc) is 2.86. The van der Waals surface area contributed by atoms with Crippen molar-refractivity contribution in [3.05, 3.63) is 35.4 Å². The maximum Gasteiger partial charge on any atom is 0.254 e. The molecule has 1 atom stereocenters. The van der Waals surface area contributed by atoms with E-state index < -0.39 is 0 Å². The first-order valence-electron chi connectivity index (χ1n) is 7.37. The van der Waals surface area contributed by atoms with Crippen molar-refractivity contribution in [1.29, 1.82) is 0 Å². The van der Waals surface area contributed by atoms with Crippen LogP contribution in [0.2, 0.25) is 0 Å². The molecule has 0 aliphatic carbocycles. The molecule has 1 unspecified atom stereocenters. The number of nitrogens with zero attached hydrogens (tertiary/aromatic N) is 2. The third kappa shape index (κ3) is 3.38. The molecule has 1 heterocycles. The van der Waals surface area contributed by atoms with Gasteiger partial charge >= 0.3 is 0 Å². The van der Waals surface area contributed by atoms with Crippen molar-refractivity contribution in [3.63, 3.8) is 0 Å². The fourth-order valence-electron chi connectivity index (χ4n) is 2.97. The van der Waals surface area contributed by atoms with Gasteiger partial charge in [-0.1, -0.05) is 18.2 Å². The zero-order valence-electron chi connectivity index (χ0n) is 12.5. The van der Waals surface area contributed by atoms with E-state index in [4.69, 9.17) is 5.73 Å². The molecule has 1 aliphatic rings. The molecule has 0 aromatic heterocycles. The van der Waals surface area contributed by atoms with Gasteiger partial charge in [-0.25, -0.2) is 0 Å². The smallest absolute Gasteiger partial charge is 0.254 e. The molecule has 2 rings (SSSR count). The van der Waals surface area contributed by atoms with Gasteiger partial charge in [0.25, 0.3) is 5.91 Å². The van der Waals surface area contributed by atoms with E-state index in [1.807, 2.05) is 29.2 Å². The van der Waals surface area contributed by atoms with Gasteiger partial charge in [0, 0.05) is 24.7 Å². The van der Waals surface area contributed by atoms with E-state index in [9.17, 15) is 4.79 Å². The summed E-state index contributed by atoms with van der Waals surface area (Å²) in [5, 5.41) is 0. The van der Waals surface area contributed by atoms with E-state index in [1.54, 1.807) is 0 Å². The molecule has 110 valence electrons. The van der Waals surface area contributed by atoms with Crippen LogP contribution in [0.1, 0.15) is 28.8 Å². The minimum Gasteiger partial charge on any atom is -0.334 e. The predicted molar refractivity (Wildman–Crippen MR) is 81.8 cm³/mol. The monoisotopic (exact) mass is 275 g/mol. The molecule has 1 fully saturated rings. The van der Waals surface area contributed by atoms with Gasteiger partial charge in [0.2, 0.25) is 0 Å². The lowest BCUT2D eigenvalue weighted by atomic mass is 10.0. The fourth-order valence-corrected chi connectivity index (χ4v) is 2.97. The van der Waals surface area contributed by atoms with Crippen LogP contribution >= 0.6 is 0 Å². The number of benzene rings is 1. The summed E-state index contributed by atoms with van der Waals surface area (Å²) in [4.78, 5) is 17.0. The molecule has 1 amide bonds. The van der Waals surface area contributed by atoms with Gasteiger partial charge in [0.1, 0.15) is 0 Å². The molecule has 1 aromatic carbocycles. The maximum absolute atomic E-state index is 12.8. The molecule has 20 heavy (non-hydrogen) atoms. The van der Waals surface area contributed by atoms with Crippen molar-refractivity contribution >= 4 is 5.91 Å². The number of amides is 1. The second-order valence-electron chi connectivity index (χ2n) is 5.75. The minimum absolute atomic E-state index is 0.165. The maximum atomic E-state index is 12.8. The molecule has 1 aromatic rings. The lowest BCUT2D eigenvalue weighted by Gasteiger charge is -2.28. The van der Waals surface area contributed by atoms with Crippen LogP contribution in [0.5, 0.6) is 0 Å². The molecular weight excluding hydrogens is 250 g/mol. The summed E-state index contributed by atoms with van der Waals surface area (Å²) in [6.07, 6.45) is 2.96. The van der Waals surface area contributed by atoms with Crippen molar-refractivity contribution in [3.8, 4) is 0 Å². The molecular formula is C16H25N3O. The second-order valence-corrected chi connectivity index (χ2v) is 5.75. The third-order valence-electron chi connectivity index (χ3n) is 3.88. The molecule has 0 radical (unpaired) electrons. The van der Waals surface area contributed by atoms with Crippen molar-refractivity contribution in [2.24, 2.45) is 5.73 Å². The molecule has 0 spiro atoms. The van der Waals surface area contributed by atoms with Crippen molar-refractivity contribution < 1.29 is 4.79 Å². The van der Waals surface area contributed by atoms with Crippen LogP contribution in [-0.4, -0.2) is 55.5 Å². The highest BCUT2D eigenvalue weighted by atomic mass is 16.2. The van der Waals surface area contributed by atoms with Crippen LogP contribution in [0, 0.1) is 0 Å². The zero-order valence-corrected chi connectivity index (χ0v) is 12.5. The number of hydrogen-bond acceptors (Lipinski definition) is 3. The standard InChI is InChI=1S/C16H25N3O/c1-18(2)12-14-7-5-11-19(14)16(20)15-8-4-3-6-13(15)9-10-17/h3-4,6,8,14H,5,7,9-12,17H2,1-2H3. The van der Waals surface area contributed by atoms with E-state index in [0.717, 1.165) is 43.5 Å². The number of hydrogen-bond donors (Lipinski definition) is 1. The number of rotatable bonds is 5.